The number of carbonyl (C=O) groups is 3. The molecule has 0 saturated heterocycles. The zero-order chi connectivity index (χ0) is 19.6. The Morgan fingerprint density at radius 1 is 1.00 bits per heavy atom. The minimum Gasteiger partial charge on any atom is -0.481 e. The molecule has 0 saturated carbocycles. The van der Waals surface area contributed by atoms with Crippen LogP contribution in [0, 0.1) is 0 Å². The molecular formula is C20H23N3O4. The predicted molar refractivity (Wildman–Crippen MR) is 104 cm³/mol. The molecule has 0 radical (unpaired) electrons. The number of amides is 3. The highest BCUT2D eigenvalue weighted by Crippen LogP contribution is 2.15. The van der Waals surface area contributed by atoms with E-state index in [9.17, 15) is 14.4 Å². The maximum absolute atomic E-state index is 12.4. The van der Waals surface area contributed by atoms with Gasteiger partial charge in [-0.2, -0.15) is 0 Å². The molecule has 0 aliphatic heterocycles. The number of carboxylic acid groups (broad SMARTS) is 1. The second kappa shape index (κ2) is 9.96. The molecule has 7 heteroatoms. The number of carboxylic acids is 1. The van der Waals surface area contributed by atoms with Crippen molar-refractivity contribution in [3.05, 3.63) is 60.2 Å². The third-order valence-electron chi connectivity index (χ3n) is 3.94. The Balaban J connectivity index is 1.81. The highest BCUT2D eigenvalue weighted by Gasteiger charge is 2.11. The molecule has 0 fully saturated rings. The first-order valence-electron chi connectivity index (χ1n) is 8.63. The van der Waals surface area contributed by atoms with Gasteiger partial charge in [0.2, 0.25) is 5.91 Å². The van der Waals surface area contributed by atoms with E-state index in [-0.39, 0.29) is 25.3 Å². The Kier molecular flexibility index (Phi) is 7.37. The van der Waals surface area contributed by atoms with Crippen LogP contribution in [0.15, 0.2) is 54.6 Å². The van der Waals surface area contributed by atoms with Gasteiger partial charge in [-0.15, -0.1) is 0 Å². The number of carbonyl (C=O) groups excluding carboxylic acids is 2. The van der Waals surface area contributed by atoms with Crippen LogP contribution in [0.3, 0.4) is 0 Å². The van der Waals surface area contributed by atoms with Crippen molar-refractivity contribution in [1.29, 1.82) is 0 Å². The van der Waals surface area contributed by atoms with E-state index in [0.29, 0.717) is 12.1 Å². The number of para-hydroxylation sites is 1. The van der Waals surface area contributed by atoms with Crippen molar-refractivity contribution in [1.82, 2.24) is 5.32 Å². The number of likely N-dealkylation sites (N-methyl/N-ethyl adjacent to an activating group) is 1. The molecular weight excluding hydrogens is 346 g/mol. The van der Waals surface area contributed by atoms with Crippen LogP contribution in [0.1, 0.15) is 18.4 Å². The van der Waals surface area contributed by atoms with E-state index in [2.05, 4.69) is 10.6 Å². The summed E-state index contributed by atoms with van der Waals surface area (Å²) >= 11 is 0. The van der Waals surface area contributed by atoms with E-state index in [4.69, 9.17) is 5.11 Å². The SMILES string of the molecule is CN(C(=O)Cc1ccc(NC(=O)NCCCC(=O)O)cc1)c1ccccc1. The van der Waals surface area contributed by atoms with Crippen LogP contribution in [0.2, 0.25) is 0 Å². The van der Waals surface area contributed by atoms with E-state index in [1.807, 2.05) is 30.3 Å². The van der Waals surface area contributed by atoms with Gasteiger partial charge in [-0.05, 0) is 36.2 Å². The number of aliphatic carboxylic acids is 1. The number of benzene rings is 2. The Morgan fingerprint density at radius 2 is 1.67 bits per heavy atom. The molecule has 0 aliphatic carbocycles. The van der Waals surface area contributed by atoms with Gasteiger partial charge in [-0.25, -0.2) is 4.79 Å². The minimum absolute atomic E-state index is 0.0143. The standard InChI is InChI=1S/C20H23N3O4/c1-23(17-6-3-2-4-7-17)18(24)14-15-9-11-16(12-10-15)22-20(27)21-13-5-8-19(25)26/h2-4,6-7,9-12H,5,8,13-14H2,1H3,(H,25,26)(H2,21,22,27). The minimum atomic E-state index is -0.889. The highest BCUT2D eigenvalue weighted by molar-refractivity contribution is 5.94. The first-order chi connectivity index (χ1) is 13.0. The summed E-state index contributed by atoms with van der Waals surface area (Å²) in [6, 6.07) is 16.0. The topological polar surface area (TPSA) is 98.7 Å². The molecule has 0 atom stereocenters. The quantitative estimate of drug-likeness (QED) is 0.623. The molecule has 0 spiro atoms. The maximum Gasteiger partial charge on any atom is 0.319 e. The molecule has 142 valence electrons. The average molecular weight is 369 g/mol. The third kappa shape index (κ3) is 6.81. The van der Waals surface area contributed by atoms with Crippen molar-refractivity contribution < 1.29 is 19.5 Å². The van der Waals surface area contributed by atoms with Crippen molar-refractivity contribution in [3.8, 4) is 0 Å². The van der Waals surface area contributed by atoms with Gasteiger partial charge in [0.15, 0.2) is 0 Å². The van der Waals surface area contributed by atoms with Gasteiger partial charge in [0.05, 0.1) is 6.42 Å². The molecule has 27 heavy (non-hydrogen) atoms. The number of hydrogen-bond acceptors (Lipinski definition) is 3. The molecule has 0 heterocycles. The first-order valence-corrected chi connectivity index (χ1v) is 8.63. The van der Waals surface area contributed by atoms with E-state index in [1.165, 1.54) is 0 Å². The van der Waals surface area contributed by atoms with E-state index < -0.39 is 12.0 Å². The summed E-state index contributed by atoms with van der Waals surface area (Å²) in [4.78, 5) is 36.1. The summed E-state index contributed by atoms with van der Waals surface area (Å²) in [5, 5.41) is 13.8. The summed E-state index contributed by atoms with van der Waals surface area (Å²) in [5.41, 5.74) is 2.27. The van der Waals surface area contributed by atoms with Crippen LogP contribution >= 0.6 is 0 Å². The molecule has 2 aromatic rings. The zero-order valence-corrected chi connectivity index (χ0v) is 15.1. The fourth-order valence-corrected chi connectivity index (χ4v) is 2.41. The highest BCUT2D eigenvalue weighted by atomic mass is 16.4. The molecule has 2 aromatic carbocycles. The van der Waals surface area contributed by atoms with Gasteiger partial charge in [0.1, 0.15) is 0 Å². The lowest BCUT2D eigenvalue weighted by atomic mass is 10.1. The molecule has 3 amide bonds. The molecule has 0 aromatic heterocycles. The molecule has 0 unspecified atom stereocenters. The fraction of sp³-hybridized carbons (Fsp3) is 0.250. The monoisotopic (exact) mass is 369 g/mol. The van der Waals surface area contributed by atoms with Crippen LogP contribution in [0.5, 0.6) is 0 Å². The lowest BCUT2D eigenvalue weighted by molar-refractivity contribution is -0.137. The number of urea groups is 1. The Bertz CT molecular complexity index is 776. The zero-order valence-electron chi connectivity index (χ0n) is 15.1. The maximum atomic E-state index is 12.4. The lowest BCUT2D eigenvalue weighted by Crippen LogP contribution is -2.29. The molecule has 3 N–H and O–H groups in total. The second-order valence-corrected chi connectivity index (χ2v) is 6.04. The van der Waals surface area contributed by atoms with Crippen LogP contribution in [0.25, 0.3) is 0 Å². The van der Waals surface area contributed by atoms with Crippen molar-refractivity contribution in [2.75, 3.05) is 23.8 Å². The number of nitrogens with zero attached hydrogens (tertiary/aromatic N) is 1. The molecule has 0 bridgehead atoms. The number of rotatable bonds is 8. The van der Waals surface area contributed by atoms with Crippen molar-refractivity contribution in [2.24, 2.45) is 0 Å². The van der Waals surface area contributed by atoms with Crippen LogP contribution in [-0.2, 0) is 16.0 Å². The van der Waals surface area contributed by atoms with Crippen LogP contribution < -0.4 is 15.5 Å². The van der Waals surface area contributed by atoms with E-state index >= 15 is 0 Å². The molecule has 2 rings (SSSR count). The largest absolute Gasteiger partial charge is 0.481 e. The smallest absolute Gasteiger partial charge is 0.319 e. The Morgan fingerprint density at radius 3 is 2.30 bits per heavy atom. The van der Waals surface area contributed by atoms with Crippen LogP contribution in [-0.4, -0.2) is 36.6 Å². The number of hydrogen-bond donors (Lipinski definition) is 3. The summed E-state index contributed by atoms with van der Waals surface area (Å²) in [7, 11) is 1.74. The van der Waals surface area contributed by atoms with Crippen molar-refractivity contribution in [3.63, 3.8) is 0 Å². The molecule has 0 aliphatic rings. The number of anilines is 2. The Labute approximate surface area is 158 Å². The predicted octanol–water partition coefficient (Wildman–Crippen LogP) is 2.88. The Hall–Kier alpha value is -3.35. The number of nitrogens with one attached hydrogen (secondary N) is 2. The average Bonchev–Trinajstić information content (AvgIpc) is 2.66. The van der Waals surface area contributed by atoms with Crippen molar-refractivity contribution in [2.45, 2.75) is 19.3 Å². The normalized spacial score (nSPS) is 10.1. The second-order valence-electron chi connectivity index (χ2n) is 6.04. The first kappa shape index (κ1) is 20.0. The van der Waals surface area contributed by atoms with Gasteiger partial charge in [0, 0.05) is 31.4 Å². The van der Waals surface area contributed by atoms with Crippen LogP contribution in [0.4, 0.5) is 16.2 Å². The summed E-state index contributed by atoms with van der Waals surface area (Å²) in [5.74, 6) is -0.918. The van der Waals surface area contributed by atoms with Crippen molar-refractivity contribution >= 4 is 29.3 Å². The van der Waals surface area contributed by atoms with Gasteiger partial charge in [0.25, 0.3) is 0 Å². The van der Waals surface area contributed by atoms with E-state index in [0.717, 1.165) is 11.3 Å². The van der Waals surface area contributed by atoms with Gasteiger partial charge in [-0.1, -0.05) is 30.3 Å². The summed E-state index contributed by atoms with van der Waals surface area (Å²) < 4.78 is 0. The third-order valence-corrected chi connectivity index (χ3v) is 3.94. The van der Waals surface area contributed by atoms with Gasteiger partial charge < -0.3 is 20.6 Å². The molecule has 7 nitrogen and oxygen atoms in total. The fourth-order valence-electron chi connectivity index (χ4n) is 2.41. The van der Waals surface area contributed by atoms with Gasteiger partial charge >= 0.3 is 12.0 Å². The summed E-state index contributed by atoms with van der Waals surface area (Å²) in [6.45, 7) is 0.288. The van der Waals surface area contributed by atoms with E-state index in [1.54, 1.807) is 36.2 Å². The summed E-state index contributed by atoms with van der Waals surface area (Å²) in [6.07, 6.45) is 0.645. The van der Waals surface area contributed by atoms with Gasteiger partial charge in [-0.3, -0.25) is 9.59 Å². The lowest BCUT2D eigenvalue weighted by Gasteiger charge is -2.17.